The maximum Gasteiger partial charge on any atom is 0.303 e. The Morgan fingerprint density at radius 2 is 1.93 bits per heavy atom. The second kappa shape index (κ2) is 6.36. The lowest BCUT2D eigenvalue weighted by Crippen LogP contribution is -2.77. The third-order valence-electron chi connectivity index (χ3n) is 8.57. The quantitative estimate of drug-likeness (QED) is 0.464. The van der Waals surface area contributed by atoms with E-state index in [-0.39, 0.29) is 31.1 Å². The Hall–Kier alpha value is -1.28. The van der Waals surface area contributed by atoms with E-state index in [1.807, 2.05) is 20.8 Å². The van der Waals surface area contributed by atoms with Gasteiger partial charge in [0.05, 0.1) is 30.3 Å². The molecule has 1 saturated heterocycles. The molecule has 8 atom stereocenters. The molecule has 3 fully saturated rings. The maximum atomic E-state index is 13.6. The summed E-state index contributed by atoms with van der Waals surface area (Å²) in [6, 6.07) is 0. The van der Waals surface area contributed by atoms with Gasteiger partial charge >= 0.3 is 5.97 Å². The highest BCUT2D eigenvalue weighted by Gasteiger charge is 2.75. The minimum Gasteiger partial charge on any atom is -0.454 e. The Morgan fingerprint density at radius 1 is 1.28 bits per heavy atom. The van der Waals surface area contributed by atoms with Gasteiger partial charge in [-0.3, -0.25) is 9.59 Å². The molecule has 4 rings (SSSR count). The first kappa shape index (κ1) is 21.0. The number of carbonyl (C=O) groups is 2. The van der Waals surface area contributed by atoms with Crippen molar-refractivity contribution < 1.29 is 34.4 Å². The van der Waals surface area contributed by atoms with Crippen molar-refractivity contribution in [2.45, 2.75) is 83.9 Å². The van der Waals surface area contributed by atoms with Gasteiger partial charge in [0.2, 0.25) is 0 Å². The number of aliphatic hydroxyl groups is 3. The molecule has 7 heteroatoms. The number of carbonyl (C=O) groups excluding carboxylic acids is 2. The lowest BCUT2D eigenvalue weighted by molar-refractivity contribution is -0.334. The van der Waals surface area contributed by atoms with Crippen LogP contribution in [-0.2, 0) is 19.1 Å². The average molecular weight is 408 g/mol. The van der Waals surface area contributed by atoms with Gasteiger partial charge in [-0.05, 0) is 31.8 Å². The van der Waals surface area contributed by atoms with Crippen LogP contribution in [0.4, 0.5) is 0 Å². The van der Waals surface area contributed by atoms with Crippen LogP contribution in [0.3, 0.4) is 0 Å². The summed E-state index contributed by atoms with van der Waals surface area (Å²) < 4.78 is 11.4. The van der Waals surface area contributed by atoms with E-state index in [1.54, 1.807) is 6.92 Å². The Bertz CT molecular complexity index is 788. The Balaban J connectivity index is 1.97. The molecular formula is C22H32O7. The molecule has 1 heterocycles. The molecule has 4 aliphatic rings. The van der Waals surface area contributed by atoms with E-state index in [0.717, 1.165) is 11.1 Å². The molecule has 0 spiro atoms. The molecule has 29 heavy (non-hydrogen) atoms. The number of hydrogen-bond donors (Lipinski definition) is 3. The Labute approximate surface area is 171 Å². The number of aliphatic hydroxyl groups excluding tert-OH is 3. The van der Waals surface area contributed by atoms with Crippen LogP contribution in [0.15, 0.2) is 11.1 Å². The number of ether oxygens (including phenoxy) is 2. The van der Waals surface area contributed by atoms with Crippen molar-refractivity contribution in [1.29, 1.82) is 0 Å². The van der Waals surface area contributed by atoms with Crippen molar-refractivity contribution >= 4 is 11.8 Å². The molecule has 1 aliphatic heterocycles. The third kappa shape index (κ3) is 2.39. The topological polar surface area (TPSA) is 113 Å². The van der Waals surface area contributed by atoms with Crippen molar-refractivity contribution in [3.63, 3.8) is 0 Å². The van der Waals surface area contributed by atoms with Crippen LogP contribution < -0.4 is 0 Å². The second-order valence-corrected chi connectivity index (χ2v) is 9.98. The van der Waals surface area contributed by atoms with E-state index in [1.165, 1.54) is 6.92 Å². The van der Waals surface area contributed by atoms with Gasteiger partial charge in [-0.15, -0.1) is 0 Å². The predicted octanol–water partition coefficient (Wildman–Crippen LogP) is 1.13. The average Bonchev–Trinajstić information content (AvgIpc) is 2.84. The van der Waals surface area contributed by atoms with E-state index in [2.05, 4.69) is 0 Å². The van der Waals surface area contributed by atoms with E-state index >= 15 is 0 Å². The fourth-order valence-corrected chi connectivity index (χ4v) is 6.81. The zero-order valence-corrected chi connectivity index (χ0v) is 17.8. The van der Waals surface area contributed by atoms with E-state index in [0.29, 0.717) is 6.42 Å². The van der Waals surface area contributed by atoms with Gasteiger partial charge in [-0.2, -0.15) is 0 Å². The number of esters is 1. The van der Waals surface area contributed by atoms with E-state index in [9.17, 15) is 24.9 Å². The van der Waals surface area contributed by atoms with Gasteiger partial charge in [-0.1, -0.05) is 19.4 Å². The first-order valence-electron chi connectivity index (χ1n) is 10.5. The molecule has 3 N–H and O–H groups in total. The van der Waals surface area contributed by atoms with Crippen molar-refractivity contribution in [1.82, 2.24) is 0 Å². The molecule has 2 saturated carbocycles. The van der Waals surface area contributed by atoms with Crippen LogP contribution in [0.1, 0.15) is 53.9 Å². The van der Waals surface area contributed by atoms with Gasteiger partial charge in [0.15, 0.2) is 5.60 Å². The molecule has 0 amide bonds. The molecule has 0 aromatic rings. The Morgan fingerprint density at radius 3 is 2.45 bits per heavy atom. The van der Waals surface area contributed by atoms with Gasteiger partial charge < -0.3 is 24.8 Å². The van der Waals surface area contributed by atoms with Crippen LogP contribution >= 0.6 is 0 Å². The molecule has 2 unspecified atom stereocenters. The summed E-state index contributed by atoms with van der Waals surface area (Å²) in [4.78, 5) is 25.6. The molecule has 3 aliphatic carbocycles. The zero-order chi connectivity index (χ0) is 21.5. The molecule has 162 valence electrons. The SMILES string of the molecule is CC(=O)O[C@@]12CO[C@@H]1C[C@H](O)[C@@]1(C)C(=O)CC3=C(C)[C@@H](O)C[C@@]3(C(C)C)C(O)C12. The number of Topliss-reactive ketones (excluding diaryl/α,β-unsaturated/α-hetero) is 1. The van der Waals surface area contributed by atoms with Crippen molar-refractivity contribution in [3.8, 4) is 0 Å². The van der Waals surface area contributed by atoms with Gasteiger partial charge in [0.25, 0.3) is 0 Å². The molecule has 0 radical (unpaired) electrons. The summed E-state index contributed by atoms with van der Waals surface area (Å²) in [6.45, 7) is 8.86. The summed E-state index contributed by atoms with van der Waals surface area (Å²) in [7, 11) is 0. The van der Waals surface area contributed by atoms with Gasteiger partial charge in [0.1, 0.15) is 11.9 Å². The summed E-state index contributed by atoms with van der Waals surface area (Å²) in [5.41, 5.74) is -1.76. The van der Waals surface area contributed by atoms with Gasteiger partial charge in [0, 0.05) is 31.1 Å². The third-order valence-corrected chi connectivity index (χ3v) is 8.57. The zero-order valence-electron chi connectivity index (χ0n) is 17.8. The maximum absolute atomic E-state index is 13.6. The van der Waals surface area contributed by atoms with Crippen LogP contribution in [0.25, 0.3) is 0 Å². The van der Waals surface area contributed by atoms with Crippen LogP contribution in [0, 0.1) is 22.7 Å². The number of ketones is 1. The van der Waals surface area contributed by atoms with E-state index in [4.69, 9.17) is 9.47 Å². The molecule has 7 nitrogen and oxygen atoms in total. The van der Waals surface area contributed by atoms with Gasteiger partial charge in [-0.25, -0.2) is 0 Å². The molecule has 0 aromatic heterocycles. The van der Waals surface area contributed by atoms with Crippen molar-refractivity contribution in [2.75, 3.05) is 6.61 Å². The highest BCUT2D eigenvalue weighted by molar-refractivity contribution is 5.89. The summed E-state index contributed by atoms with van der Waals surface area (Å²) >= 11 is 0. The second-order valence-electron chi connectivity index (χ2n) is 9.98. The van der Waals surface area contributed by atoms with Crippen LogP contribution in [0.5, 0.6) is 0 Å². The minimum absolute atomic E-state index is 0.0670. The Kier molecular flexibility index (Phi) is 4.60. The predicted molar refractivity (Wildman–Crippen MR) is 103 cm³/mol. The minimum atomic E-state index is -1.28. The summed E-state index contributed by atoms with van der Waals surface area (Å²) in [5, 5.41) is 33.6. The van der Waals surface area contributed by atoms with E-state index < -0.39 is 52.7 Å². The van der Waals surface area contributed by atoms with Crippen LogP contribution in [-0.4, -0.2) is 63.7 Å². The standard InChI is InChI=1S/C22H32O7/c1-10(2)21-8-14(24)11(3)13(21)6-15(25)20(5)16(26)7-17-22(9-28-17,29-12(4)23)18(20)19(21)27/h10,14,16-19,24,26-27H,6-9H2,1-5H3/t14-,16-,17+,18?,19?,20+,21-,22-/m0/s1. The monoisotopic (exact) mass is 408 g/mol. The first-order chi connectivity index (χ1) is 13.4. The number of rotatable bonds is 2. The largest absolute Gasteiger partial charge is 0.454 e. The lowest BCUT2D eigenvalue weighted by Gasteiger charge is -2.63. The molecular weight excluding hydrogens is 376 g/mol. The molecule has 0 aromatic carbocycles. The number of hydrogen-bond acceptors (Lipinski definition) is 7. The number of fused-ring (bicyclic) bond motifs is 4. The lowest BCUT2D eigenvalue weighted by atomic mass is 9.50. The normalized spacial score (nSPS) is 49.1. The fourth-order valence-electron chi connectivity index (χ4n) is 6.81. The summed E-state index contributed by atoms with van der Waals surface area (Å²) in [5.74, 6) is -1.58. The molecule has 0 bridgehead atoms. The highest BCUT2D eigenvalue weighted by atomic mass is 16.6. The van der Waals surface area contributed by atoms with Crippen LogP contribution in [0.2, 0.25) is 0 Å². The smallest absolute Gasteiger partial charge is 0.303 e. The van der Waals surface area contributed by atoms with Crippen molar-refractivity contribution in [3.05, 3.63) is 11.1 Å². The van der Waals surface area contributed by atoms with Crippen molar-refractivity contribution in [2.24, 2.45) is 22.7 Å². The first-order valence-corrected chi connectivity index (χ1v) is 10.5. The highest BCUT2D eigenvalue weighted by Crippen LogP contribution is 2.65. The fraction of sp³-hybridized carbons (Fsp3) is 0.818. The summed E-state index contributed by atoms with van der Waals surface area (Å²) in [6.07, 6.45) is -2.84.